The molecule has 0 atom stereocenters. The molecule has 4 rings (SSSR count). The summed E-state index contributed by atoms with van der Waals surface area (Å²) in [4.78, 5) is 11.8. The number of halogens is 2. The van der Waals surface area contributed by atoms with Gasteiger partial charge in [0.15, 0.2) is 5.11 Å². The summed E-state index contributed by atoms with van der Waals surface area (Å²) >= 11 is 17.5. The van der Waals surface area contributed by atoms with Crippen molar-refractivity contribution in [3.8, 4) is 0 Å². The predicted molar refractivity (Wildman–Crippen MR) is 138 cm³/mol. The first kappa shape index (κ1) is 23.3. The highest BCUT2D eigenvalue weighted by atomic mass is 35.5. The monoisotopic (exact) mass is 492 g/mol. The molecule has 6 nitrogen and oxygen atoms in total. The molecule has 0 unspecified atom stereocenters. The van der Waals surface area contributed by atoms with Crippen molar-refractivity contribution in [2.45, 2.75) is 63.5 Å². The van der Waals surface area contributed by atoms with Gasteiger partial charge in [0.05, 0.1) is 15.7 Å². The molecule has 3 N–H and O–H groups in total. The lowest BCUT2D eigenvalue weighted by atomic mass is 9.91. The summed E-state index contributed by atoms with van der Waals surface area (Å²) in [6.45, 7) is 0. The molecular formula is C23H30Cl2N6S. The highest BCUT2D eigenvalue weighted by molar-refractivity contribution is 7.80. The number of rotatable bonds is 5. The number of anilines is 3. The molecule has 2 aromatic rings. The van der Waals surface area contributed by atoms with E-state index in [1.165, 1.54) is 24.1 Å². The topological polar surface area (TPSA) is 65.1 Å². The number of fused-ring (bicyclic) bond motifs is 1. The SMILES string of the molecule is CN(C)c1nc(N[C@H]2CC[C@@H](NC(=S)Nc3ccc(Cl)c(Cl)c3)CC2)nc2c1CCCC2. The largest absolute Gasteiger partial charge is 0.362 e. The Hall–Kier alpha value is -1.83. The van der Waals surface area contributed by atoms with Gasteiger partial charge in [0, 0.05) is 37.4 Å². The molecule has 1 aromatic heterocycles. The van der Waals surface area contributed by atoms with E-state index in [1.807, 2.05) is 6.07 Å². The molecule has 1 aromatic carbocycles. The van der Waals surface area contributed by atoms with Gasteiger partial charge in [-0.05, 0) is 81.8 Å². The second-order valence-electron chi connectivity index (χ2n) is 8.82. The van der Waals surface area contributed by atoms with Crippen LogP contribution in [-0.2, 0) is 12.8 Å². The third kappa shape index (κ3) is 5.74. The number of aromatic nitrogens is 2. The molecule has 0 aliphatic heterocycles. The lowest BCUT2D eigenvalue weighted by molar-refractivity contribution is 0.387. The molecular weight excluding hydrogens is 463 g/mol. The van der Waals surface area contributed by atoms with Crippen LogP contribution in [0.5, 0.6) is 0 Å². The molecule has 0 radical (unpaired) electrons. The minimum atomic E-state index is 0.345. The first-order valence-electron chi connectivity index (χ1n) is 11.3. The summed E-state index contributed by atoms with van der Waals surface area (Å²) in [5.74, 6) is 1.83. The smallest absolute Gasteiger partial charge is 0.225 e. The summed E-state index contributed by atoms with van der Waals surface area (Å²) in [6, 6.07) is 6.12. The maximum absolute atomic E-state index is 6.08. The number of thiocarbonyl (C=S) groups is 1. The Bertz CT molecular complexity index is 975. The van der Waals surface area contributed by atoms with Crippen molar-refractivity contribution >= 4 is 58.0 Å². The van der Waals surface area contributed by atoms with Crippen LogP contribution in [0.2, 0.25) is 10.0 Å². The number of aryl methyl sites for hydroxylation is 1. The Labute approximate surface area is 205 Å². The highest BCUT2D eigenvalue weighted by Gasteiger charge is 2.24. The first-order valence-corrected chi connectivity index (χ1v) is 12.4. The lowest BCUT2D eigenvalue weighted by Gasteiger charge is -2.31. The fourth-order valence-electron chi connectivity index (χ4n) is 4.50. The average molecular weight is 494 g/mol. The van der Waals surface area contributed by atoms with Gasteiger partial charge in [0.1, 0.15) is 5.82 Å². The average Bonchev–Trinajstić information content (AvgIpc) is 2.77. The fraction of sp³-hybridized carbons (Fsp3) is 0.522. The molecule has 2 aliphatic rings. The molecule has 0 bridgehead atoms. The molecule has 1 fully saturated rings. The minimum absolute atomic E-state index is 0.345. The molecule has 1 heterocycles. The summed E-state index contributed by atoms with van der Waals surface area (Å²) in [6.07, 6.45) is 8.73. The van der Waals surface area contributed by atoms with Crippen molar-refractivity contribution in [3.05, 3.63) is 39.5 Å². The van der Waals surface area contributed by atoms with Crippen LogP contribution in [0.3, 0.4) is 0 Å². The van der Waals surface area contributed by atoms with Crippen LogP contribution < -0.4 is 20.9 Å². The summed E-state index contributed by atoms with van der Waals surface area (Å²) in [5, 5.41) is 11.9. The van der Waals surface area contributed by atoms with E-state index in [0.717, 1.165) is 56.0 Å². The van der Waals surface area contributed by atoms with Crippen LogP contribution in [0, 0.1) is 0 Å². The van der Waals surface area contributed by atoms with Gasteiger partial charge in [-0.15, -0.1) is 0 Å². The Morgan fingerprint density at radius 1 is 1.00 bits per heavy atom. The van der Waals surface area contributed by atoms with Gasteiger partial charge in [0.2, 0.25) is 5.95 Å². The number of hydrogen-bond acceptors (Lipinski definition) is 5. The van der Waals surface area contributed by atoms with Crippen LogP contribution in [0.15, 0.2) is 18.2 Å². The number of nitrogens with one attached hydrogen (secondary N) is 3. The van der Waals surface area contributed by atoms with E-state index in [-0.39, 0.29) is 0 Å². The first-order chi connectivity index (χ1) is 15.4. The Morgan fingerprint density at radius 2 is 1.72 bits per heavy atom. The maximum atomic E-state index is 6.08. The van der Waals surface area contributed by atoms with Gasteiger partial charge >= 0.3 is 0 Å². The van der Waals surface area contributed by atoms with Crippen molar-refractivity contribution in [2.24, 2.45) is 0 Å². The van der Waals surface area contributed by atoms with Crippen LogP contribution in [0.4, 0.5) is 17.5 Å². The summed E-state index contributed by atoms with van der Waals surface area (Å²) in [7, 11) is 4.12. The zero-order valence-corrected chi connectivity index (χ0v) is 20.9. The Kier molecular flexibility index (Phi) is 7.59. The lowest BCUT2D eigenvalue weighted by Crippen LogP contribution is -2.42. The van der Waals surface area contributed by atoms with E-state index in [2.05, 4.69) is 34.9 Å². The minimum Gasteiger partial charge on any atom is -0.362 e. The standard InChI is InChI=1S/C23H30Cl2N6S/c1-31(2)21-17-5-3-4-6-20(17)29-22(30-21)26-14-7-9-15(10-8-14)27-23(32)28-16-11-12-18(24)19(25)13-16/h11-15H,3-10H2,1-2H3,(H,26,29,30)(H2,27,28,32)/t14-,15+. The van der Waals surface area contributed by atoms with E-state index in [0.29, 0.717) is 27.2 Å². The highest BCUT2D eigenvalue weighted by Crippen LogP contribution is 2.29. The van der Waals surface area contributed by atoms with Crippen molar-refractivity contribution in [1.82, 2.24) is 15.3 Å². The summed E-state index contributed by atoms with van der Waals surface area (Å²) in [5.41, 5.74) is 3.36. The van der Waals surface area contributed by atoms with Crippen LogP contribution in [0.1, 0.15) is 49.8 Å². The second-order valence-corrected chi connectivity index (χ2v) is 10.0. The third-order valence-electron chi connectivity index (χ3n) is 6.16. The number of hydrogen-bond donors (Lipinski definition) is 3. The quantitative estimate of drug-likeness (QED) is 0.480. The van der Waals surface area contributed by atoms with Crippen LogP contribution in [0.25, 0.3) is 0 Å². The van der Waals surface area contributed by atoms with Crippen LogP contribution >= 0.6 is 35.4 Å². The number of nitrogens with zero attached hydrogens (tertiary/aromatic N) is 3. The van der Waals surface area contributed by atoms with Crippen molar-refractivity contribution < 1.29 is 0 Å². The van der Waals surface area contributed by atoms with E-state index in [4.69, 9.17) is 45.4 Å². The van der Waals surface area contributed by atoms with E-state index in [9.17, 15) is 0 Å². The van der Waals surface area contributed by atoms with E-state index < -0.39 is 0 Å². The van der Waals surface area contributed by atoms with Gasteiger partial charge in [-0.3, -0.25) is 0 Å². The number of benzene rings is 1. The third-order valence-corrected chi connectivity index (χ3v) is 7.12. The normalized spacial score (nSPS) is 20.2. The van der Waals surface area contributed by atoms with Crippen molar-refractivity contribution in [1.29, 1.82) is 0 Å². The molecule has 2 aliphatic carbocycles. The zero-order chi connectivity index (χ0) is 22.7. The molecule has 0 spiro atoms. The molecule has 9 heteroatoms. The molecule has 32 heavy (non-hydrogen) atoms. The van der Waals surface area contributed by atoms with Gasteiger partial charge in [-0.2, -0.15) is 4.98 Å². The Morgan fingerprint density at radius 3 is 2.44 bits per heavy atom. The maximum Gasteiger partial charge on any atom is 0.225 e. The van der Waals surface area contributed by atoms with Gasteiger partial charge in [0.25, 0.3) is 0 Å². The van der Waals surface area contributed by atoms with Crippen LogP contribution in [-0.4, -0.2) is 41.3 Å². The molecule has 1 saturated carbocycles. The van der Waals surface area contributed by atoms with E-state index >= 15 is 0 Å². The molecule has 0 saturated heterocycles. The van der Waals surface area contributed by atoms with E-state index in [1.54, 1.807) is 12.1 Å². The summed E-state index contributed by atoms with van der Waals surface area (Å²) < 4.78 is 0. The van der Waals surface area contributed by atoms with Crippen molar-refractivity contribution in [2.75, 3.05) is 29.6 Å². The van der Waals surface area contributed by atoms with Gasteiger partial charge in [-0.1, -0.05) is 23.2 Å². The zero-order valence-electron chi connectivity index (χ0n) is 18.5. The predicted octanol–water partition coefficient (Wildman–Crippen LogP) is 5.44. The van der Waals surface area contributed by atoms with Gasteiger partial charge in [-0.25, -0.2) is 4.98 Å². The molecule has 0 amide bonds. The van der Waals surface area contributed by atoms with Crippen molar-refractivity contribution in [3.63, 3.8) is 0 Å². The Balaban J connectivity index is 1.30. The molecule has 172 valence electrons. The second kappa shape index (κ2) is 10.4. The fourth-order valence-corrected chi connectivity index (χ4v) is 5.08. The van der Waals surface area contributed by atoms with Gasteiger partial charge < -0.3 is 20.9 Å².